The molecule has 0 radical (unpaired) electrons. The van der Waals surface area contributed by atoms with E-state index in [0.717, 1.165) is 12.1 Å². The molecular formula is C17H15ClF3N7O3. The molecule has 14 heteroatoms. The van der Waals surface area contributed by atoms with Gasteiger partial charge in [-0.2, -0.15) is 0 Å². The standard InChI is InChI=1S/C17H15ClF3N7O3/c18-13-2-1-11(31-17(19,20)21)6-12(13)15-25-26-16(30-15)14(29)24-9-5-10(22-7-9)8-28-4-3-23-27-28/h1-4,6,9-10,22H,5,7-8H2,(H,24,29)/t9-,10+/m1/s1. The molecule has 1 amide bonds. The summed E-state index contributed by atoms with van der Waals surface area (Å²) in [5.41, 5.74) is 0.00500. The smallest absolute Gasteiger partial charge is 0.412 e. The Kier molecular flexibility index (Phi) is 5.78. The first-order valence-electron chi connectivity index (χ1n) is 9.04. The van der Waals surface area contributed by atoms with Gasteiger partial charge < -0.3 is 19.8 Å². The lowest BCUT2D eigenvalue weighted by atomic mass is 10.1. The molecule has 2 aromatic heterocycles. The summed E-state index contributed by atoms with van der Waals surface area (Å²) in [6, 6.07) is 3.16. The number of ether oxygens (including phenoxy) is 1. The molecule has 0 bridgehead atoms. The number of carbonyl (C=O) groups is 1. The Bertz CT molecular complexity index is 1060. The fourth-order valence-electron chi connectivity index (χ4n) is 3.16. The molecule has 3 heterocycles. The van der Waals surface area contributed by atoms with Crippen LogP contribution in [0.25, 0.3) is 11.5 Å². The highest BCUT2D eigenvalue weighted by atomic mass is 35.5. The molecule has 0 spiro atoms. The SMILES string of the molecule is O=C(N[C@H]1CN[C@H](Cn2ccnn2)C1)c1nnc(-c2cc(OC(F)(F)F)ccc2Cl)o1. The van der Waals surface area contributed by atoms with Gasteiger partial charge in [-0.3, -0.25) is 9.48 Å². The van der Waals surface area contributed by atoms with Crippen molar-refractivity contribution in [3.05, 3.63) is 41.5 Å². The van der Waals surface area contributed by atoms with E-state index >= 15 is 0 Å². The third kappa shape index (κ3) is 5.30. The lowest BCUT2D eigenvalue weighted by molar-refractivity contribution is -0.274. The van der Waals surface area contributed by atoms with Gasteiger partial charge >= 0.3 is 18.2 Å². The van der Waals surface area contributed by atoms with Crippen LogP contribution in [0.15, 0.2) is 35.0 Å². The molecule has 10 nitrogen and oxygen atoms in total. The van der Waals surface area contributed by atoms with Crippen LogP contribution in [0.5, 0.6) is 5.75 Å². The molecule has 0 saturated carbocycles. The number of hydrogen-bond donors (Lipinski definition) is 2. The van der Waals surface area contributed by atoms with Gasteiger partial charge in [0, 0.05) is 24.8 Å². The number of carbonyl (C=O) groups excluding carboxylic acids is 1. The monoisotopic (exact) mass is 457 g/mol. The molecule has 1 fully saturated rings. The minimum absolute atomic E-state index is 0.00500. The first-order chi connectivity index (χ1) is 14.8. The zero-order valence-corrected chi connectivity index (χ0v) is 16.4. The molecule has 1 aromatic carbocycles. The van der Waals surface area contributed by atoms with Crippen LogP contribution < -0.4 is 15.4 Å². The maximum absolute atomic E-state index is 12.4. The summed E-state index contributed by atoms with van der Waals surface area (Å²) in [6.07, 6.45) is -0.895. The number of halogens is 4. The second kappa shape index (κ2) is 8.51. The van der Waals surface area contributed by atoms with Crippen molar-refractivity contribution >= 4 is 17.5 Å². The van der Waals surface area contributed by atoms with Crippen molar-refractivity contribution in [1.29, 1.82) is 0 Å². The summed E-state index contributed by atoms with van der Waals surface area (Å²) in [5.74, 6) is -1.67. The predicted octanol–water partition coefficient (Wildman–Crippen LogP) is 2.04. The van der Waals surface area contributed by atoms with Crippen molar-refractivity contribution in [2.24, 2.45) is 0 Å². The fraction of sp³-hybridized carbons (Fsp3) is 0.353. The van der Waals surface area contributed by atoms with E-state index in [0.29, 0.717) is 19.5 Å². The largest absolute Gasteiger partial charge is 0.573 e. The molecule has 164 valence electrons. The van der Waals surface area contributed by atoms with Crippen molar-refractivity contribution in [1.82, 2.24) is 35.8 Å². The van der Waals surface area contributed by atoms with E-state index in [1.54, 1.807) is 17.1 Å². The number of hydrogen-bond acceptors (Lipinski definition) is 8. The maximum Gasteiger partial charge on any atom is 0.573 e. The van der Waals surface area contributed by atoms with Gasteiger partial charge in [-0.1, -0.05) is 16.8 Å². The second-order valence-electron chi connectivity index (χ2n) is 6.74. The van der Waals surface area contributed by atoms with Crippen LogP contribution in [0.1, 0.15) is 17.1 Å². The number of nitrogens with zero attached hydrogens (tertiary/aromatic N) is 5. The van der Waals surface area contributed by atoms with Crippen molar-refractivity contribution in [2.45, 2.75) is 31.4 Å². The van der Waals surface area contributed by atoms with E-state index in [1.807, 2.05) is 0 Å². The van der Waals surface area contributed by atoms with Gasteiger partial charge in [-0.05, 0) is 24.6 Å². The van der Waals surface area contributed by atoms with E-state index in [9.17, 15) is 18.0 Å². The lowest BCUT2D eigenvalue weighted by Crippen LogP contribution is -2.36. The second-order valence-corrected chi connectivity index (χ2v) is 7.15. The van der Waals surface area contributed by atoms with Crippen molar-refractivity contribution in [2.75, 3.05) is 6.54 Å². The Balaban J connectivity index is 1.40. The highest BCUT2D eigenvalue weighted by molar-refractivity contribution is 6.33. The van der Waals surface area contributed by atoms with Gasteiger partial charge in [0.2, 0.25) is 5.89 Å². The number of nitrogens with one attached hydrogen (secondary N) is 2. The number of rotatable bonds is 6. The minimum Gasteiger partial charge on any atom is -0.412 e. The summed E-state index contributed by atoms with van der Waals surface area (Å²) in [6.45, 7) is 1.14. The molecule has 4 rings (SSSR count). The lowest BCUT2D eigenvalue weighted by Gasteiger charge is -2.11. The highest BCUT2D eigenvalue weighted by Gasteiger charge is 2.32. The Hall–Kier alpha value is -3.19. The van der Waals surface area contributed by atoms with Crippen LogP contribution >= 0.6 is 11.6 Å². The van der Waals surface area contributed by atoms with Gasteiger partial charge in [0.05, 0.1) is 23.3 Å². The Labute approximate surface area is 177 Å². The average molecular weight is 458 g/mol. The third-order valence-corrected chi connectivity index (χ3v) is 4.79. The predicted molar refractivity (Wildman–Crippen MR) is 99.1 cm³/mol. The van der Waals surface area contributed by atoms with Gasteiger partial charge in [0.25, 0.3) is 0 Å². The normalized spacial score (nSPS) is 18.8. The summed E-state index contributed by atoms with van der Waals surface area (Å²) in [4.78, 5) is 12.4. The van der Waals surface area contributed by atoms with Crippen molar-refractivity contribution in [3.8, 4) is 17.2 Å². The number of benzene rings is 1. The molecule has 3 aromatic rings. The van der Waals surface area contributed by atoms with Crippen LogP contribution in [0, 0.1) is 0 Å². The maximum atomic E-state index is 12.4. The molecule has 1 aliphatic heterocycles. The van der Waals surface area contributed by atoms with Gasteiger partial charge in [-0.15, -0.1) is 28.5 Å². The molecule has 1 saturated heterocycles. The van der Waals surface area contributed by atoms with Gasteiger partial charge in [-0.25, -0.2) is 0 Å². The topological polar surface area (TPSA) is 120 Å². The Morgan fingerprint density at radius 1 is 1.39 bits per heavy atom. The number of alkyl halides is 3. The average Bonchev–Trinajstić information content (AvgIpc) is 3.45. The Morgan fingerprint density at radius 3 is 2.97 bits per heavy atom. The molecule has 0 aliphatic carbocycles. The third-order valence-electron chi connectivity index (χ3n) is 4.46. The molecule has 0 unspecified atom stereocenters. The van der Waals surface area contributed by atoms with Crippen LogP contribution in [0.4, 0.5) is 13.2 Å². The van der Waals surface area contributed by atoms with E-state index in [-0.39, 0.29) is 34.5 Å². The minimum atomic E-state index is -4.87. The fourth-order valence-corrected chi connectivity index (χ4v) is 3.36. The Morgan fingerprint density at radius 2 is 2.23 bits per heavy atom. The first-order valence-corrected chi connectivity index (χ1v) is 9.42. The quantitative estimate of drug-likeness (QED) is 0.577. The van der Waals surface area contributed by atoms with Crippen LogP contribution in [-0.2, 0) is 6.54 Å². The van der Waals surface area contributed by atoms with E-state index in [1.165, 1.54) is 6.07 Å². The molecule has 31 heavy (non-hydrogen) atoms. The molecule has 1 aliphatic rings. The molecule has 2 N–H and O–H groups in total. The molecule has 2 atom stereocenters. The van der Waals surface area contributed by atoms with Crippen molar-refractivity contribution < 1.29 is 27.1 Å². The van der Waals surface area contributed by atoms with Gasteiger partial charge in [0.1, 0.15) is 5.75 Å². The summed E-state index contributed by atoms with van der Waals surface area (Å²) < 4.78 is 48.2. The van der Waals surface area contributed by atoms with Crippen LogP contribution in [-0.4, -0.2) is 56.1 Å². The molecular weight excluding hydrogens is 443 g/mol. The van der Waals surface area contributed by atoms with Crippen molar-refractivity contribution in [3.63, 3.8) is 0 Å². The number of amides is 1. The highest BCUT2D eigenvalue weighted by Crippen LogP contribution is 2.33. The summed E-state index contributed by atoms with van der Waals surface area (Å²) >= 11 is 6.02. The number of aromatic nitrogens is 5. The van der Waals surface area contributed by atoms with E-state index in [2.05, 4.69) is 35.9 Å². The zero-order chi connectivity index (χ0) is 22.0. The van der Waals surface area contributed by atoms with Crippen LogP contribution in [0.3, 0.4) is 0 Å². The summed E-state index contributed by atoms with van der Waals surface area (Å²) in [5, 5.41) is 21.1. The first kappa shape index (κ1) is 21.1. The van der Waals surface area contributed by atoms with Crippen LogP contribution in [0.2, 0.25) is 5.02 Å². The zero-order valence-electron chi connectivity index (χ0n) is 15.6. The van der Waals surface area contributed by atoms with Gasteiger partial charge in [0.15, 0.2) is 0 Å². The van der Waals surface area contributed by atoms with E-state index in [4.69, 9.17) is 16.0 Å². The summed E-state index contributed by atoms with van der Waals surface area (Å²) in [7, 11) is 0. The van der Waals surface area contributed by atoms with E-state index < -0.39 is 18.0 Å².